The molecule has 0 atom stereocenters. The molecule has 1 aliphatic heterocycles. The maximum absolute atomic E-state index is 13.1. The van der Waals surface area contributed by atoms with Gasteiger partial charge in [0.2, 0.25) is 5.91 Å². The Bertz CT molecular complexity index is 736. The second-order valence-corrected chi connectivity index (χ2v) is 6.70. The van der Waals surface area contributed by atoms with Crippen molar-refractivity contribution in [2.24, 2.45) is 7.05 Å². The molecule has 1 amide bonds. The zero-order chi connectivity index (χ0) is 18.5. The van der Waals surface area contributed by atoms with E-state index in [1.54, 1.807) is 12.1 Å². The van der Waals surface area contributed by atoms with Crippen LogP contribution in [0.3, 0.4) is 0 Å². The molecule has 26 heavy (non-hydrogen) atoms. The summed E-state index contributed by atoms with van der Waals surface area (Å²) in [6, 6.07) is 8.67. The lowest BCUT2D eigenvalue weighted by atomic mass is 10.0. The number of aryl methyl sites for hydroxylation is 1. The molecule has 0 spiro atoms. The van der Waals surface area contributed by atoms with E-state index in [2.05, 4.69) is 21.4 Å². The molecule has 0 unspecified atom stereocenters. The number of carbonyl (C=O) groups excluding carboxylic acids is 1. The summed E-state index contributed by atoms with van der Waals surface area (Å²) in [7, 11) is 3.45. The molecular weight excluding hydrogens is 335 g/mol. The van der Waals surface area contributed by atoms with Crippen molar-refractivity contribution >= 4 is 5.91 Å². The van der Waals surface area contributed by atoms with Crippen molar-refractivity contribution in [2.75, 3.05) is 26.8 Å². The van der Waals surface area contributed by atoms with Crippen molar-refractivity contribution in [1.29, 1.82) is 0 Å². The van der Waals surface area contributed by atoms with E-state index in [9.17, 15) is 9.18 Å². The van der Waals surface area contributed by atoms with Crippen LogP contribution in [-0.4, -0.2) is 53.4 Å². The molecule has 0 saturated carbocycles. The second-order valence-electron chi connectivity index (χ2n) is 6.70. The van der Waals surface area contributed by atoms with Gasteiger partial charge in [-0.2, -0.15) is 5.10 Å². The zero-order valence-corrected chi connectivity index (χ0v) is 15.2. The van der Waals surface area contributed by atoms with Gasteiger partial charge in [-0.1, -0.05) is 0 Å². The van der Waals surface area contributed by atoms with Crippen LogP contribution in [-0.2, 0) is 23.1 Å². The first-order valence-corrected chi connectivity index (χ1v) is 8.84. The monoisotopic (exact) mass is 360 g/mol. The molecule has 1 aliphatic rings. The summed E-state index contributed by atoms with van der Waals surface area (Å²) in [5.41, 5.74) is 2.88. The highest BCUT2D eigenvalue weighted by molar-refractivity contribution is 5.77. The van der Waals surface area contributed by atoms with Crippen LogP contribution in [0.2, 0.25) is 0 Å². The number of piperidine rings is 1. The fourth-order valence-electron chi connectivity index (χ4n) is 3.28. The second kappa shape index (κ2) is 8.42. The summed E-state index contributed by atoms with van der Waals surface area (Å²) in [5, 5.41) is 7.55. The first-order chi connectivity index (χ1) is 12.5. The largest absolute Gasteiger partial charge is 0.375 e. The van der Waals surface area contributed by atoms with E-state index in [1.165, 1.54) is 19.2 Å². The maximum Gasteiger partial charge on any atom is 0.246 e. The molecule has 2 aromatic rings. The number of aromatic nitrogens is 2. The number of hydrogen-bond donors (Lipinski definition) is 1. The summed E-state index contributed by atoms with van der Waals surface area (Å²) in [4.78, 5) is 14.0. The molecule has 0 bridgehead atoms. The number of benzene rings is 1. The number of carbonyl (C=O) groups is 1. The Morgan fingerprint density at radius 3 is 2.65 bits per heavy atom. The number of nitrogens with one attached hydrogen (secondary N) is 1. The highest BCUT2D eigenvalue weighted by atomic mass is 19.1. The first kappa shape index (κ1) is 18.5. The highest BCUT2D eigenvalue weighted by Gasteiger charge is 2.21. The third kappa shape index (κ3) is 4.68. The average molecular weight is 360 g/mol. The third-order valence-electron chi connectivity index (χ3n) is 4.73. The topological polar surface area (TPSA) is 59.4 Å². The molecule has 0 radical (unpaired) electrons. The SMILES string of the molecule is COCC(=O)NC1CCN(Cc2cc(-c3ccc(F)cc3)nn2C)CC1. The number of rotatable bonds is 6. The van der Waals surface area contributed by atoms with Crippen molar-refractivity contribution < 1.29 is 13.9 Å². The Kier molecular flexibility index (Phi) is 6.00. The lowest BCUT2D eigenvalue weighted by Gasteiger charge is -2.32. The number of likely N-dealkylation sites (tertiary alicyclic amines) is 1. The van der Waals surface area contributed by atoms with Gasteiger partial charge < -0.3 is 10.1 Å². The lowest BCUT2D eigenvalue weighted by Crippen LogP contribution is -2.45. The van der Waals surface area contributed by atoms with Gasteiger partial charge in [0.15, 0.2) is 0 Å². The van der Waals surface area contributed by atoms with E-state index in [4.69, 9.17) is 4.74 Å². The van der Waals surface area contributed by atoms with Gasteiger partial charge in [0.05, 0.1) is 11.4 Å². The van der Waals surface area contributed by atoms with Crippen molar-refractivity contribution in [3.8, 4) is 11.3 Å². The summed E-state index contributed by atoms with van der Waals surface area (Å²) in [6.45, 7) is 2.77. The highest BCUT2D eigenvalue weighted by Crippen LogP contribution is 2.21. The molecule has 1 fully saturated rings. The Hall–Kier alpha value is -2.25. The van der Waals surface area contributed by atoms with Gasteiger partial charge in [-0.3, -0.25) is 14.4 Å². The fourth-order valence-corrected chi connectivity index (χ4v) is 3.28. The summed E-state index contributed by atoms with van der Waals surface area (Å²) >= 11 is 0. The van der Waals surface area contributed by atoms with Gasteiger partial charge in [-0.05, 0) is 43.2 Å². The van der Waals surface area contributed by atoms with E-state index in [-0.39, 0.29) is 24.4 Å². The van der Waals surface area contributed by atoms with Gasteiger partial charge >= 0.3 is 0 Å². The quantitative estimate of drug-likeness (QED) is 0.856. The lowest BCUT2D eigenvalue weighted by molar-refractivity contribution is -0.125. The zero-order valence-electron chi connectivity index (χ0n) is 15.2. The average Bonchev–Trinajstić information content (AvgIpc) is 2.98. The minimum atomic E-state index is -0.245. The van der Waals surface area contributed by atoms with Gasteiger partial charge in [0, 0.05) is 45.4 Å². The van der Waals surface area contributed by atoms with E-state index in [0.717, 1.165) is 49.4 Å². The summed E-state index contributed by atoms with van der Waals surface area (Å²) in [5.74, 6) is -0.299. The molecule has 1 aromatic carbocycles. The molecule has 6 nitrogen and oxygen atoms in total. The Labute approximate surface area is 152 Å². The molecule has 140 valence electrons. The number of methoxy groups -OCH3 is 1. The van der Waals surface area contributed by atoms with Crippen LogP contribution >= 0.6 is 0 Å². The molecule has 7 heteroatoms. The molecule has 1 aromatic heterocycles. The van der Waals surface area contributed by atoms with Gasteiger partial charge in [0.25, 0.3) is 0 Å². The van der Waals surface area contributed by atoms with Crippen molar-refractivity contribution in [2.45, 2.75) is 25.4 Å². The van der Waals surface area contributed by atoms with Crippen LogP contribution in [0.5, 0.6) is 0 Å². The smallest absolute Gasteiger partial charge is 0.246 e. The Balaban J connectivity index is 1.55. The first-order valence-electron chi connectivity index (χ1n) is 8.84. The molecule has 2 heterocycles. The Morgan fingerprint density at radius 2 is 2.00 bits per heavy atom. The van der Waals surface area contributed by atoms with Crippen LogP contribution in [0.15, 0.2) is 30.3 Å². The molecule has 1 N–H and O–H groups in total. The standard InChI is InChI=1S/C19H25FN4O2/c1-23-17(11-18(22-23)14-3-5-15(20)6-4-14)12-24-9-7-16(8-10-24)21-19(25)13-26-2/h3-6,11,16H,7-10,12-13H2,1-2H3,(H,21,25). The van der Waals surface area contributed by atoms with Crippen molar-refractivity contribution in [3.05, 3.63) is 41.8 Å². The molecule has 3 rings (SSSR count). The summed E-state index contributed by atoms with van der Waals surface area (Å²) in [6.07, 6.45) is 1.86. The maximum atomic E-state index is 13.1. The third-order valence-corrected chi connectivity index (χ3v) is 4.73. The van der Waals surface area contributed by atoms with Crippen LogP contribution in [0.4, 0.5) is 4.39 Å². The number of ether oxygens (including phenoxy) is 1. The summed E-state index contributed by atoms with van der Waals surface area (Å²) < 4.78 is 19.8. The molecule has 1 saturated heterocycles. The molecule has 0 aliphatic carbocycles. The Morgan fingerprint density at radius 1 is 1.31 bits per heavy atom. The molecular formula is C19H25FN4O2. The predicted octanol–water partition coefficient (Wildman–Crippen LogP) is 1.95. The van der Waals surface area contributed by atoms with Crippen molar-refractivity contribution in [1.82, 2.24) is 20.0 Å². The van der Waals surface area contributed by atoms with Gasteiger partial charge in [0.1, 0.15) is 12.4 Å². The normalized spacial score (nSPS) is 16.0. The van der Waals surface area contributed by atoms with E-state index in [0.29, 0.717) is 0 Å². The predicted molar refractivity (Wildman–Crippen MR) is 96.9 cm³/mol. The van der Waals surface area contributed by atoms with Gasteiger partial charge in [-0.15, -0.1) is 0 Å². The van der Waals surface area contributed by atoms with Crippen LogP contribution in [0.25, 0.3) is 11.3 Å². The number of hydrogen-bond acceptors (Lipinski definition) is 4. The van der Waals surface area contributed by atoms with Crippen LogP contribution < -0.4 is 5.32 Å². The number of halogens is 1. The minimum Gasteiger partial charge on any atom is -0.375 e. The van der Waals surface area contributed by atoms with Crippen LogP contribution in [0, 0.1) is 5.82 Å². The van der Waals surface area contributed by atoms with Gasteiger partial charge in [-0.25, -0.2) is 4.39 Å². The van der Waals surface area contributed by atoms with E-state index < -0.39 is 0 Å². The van der Waals surface area contributed by atoms with Crippen LogP contribution in [0.1, 0.15) is 18.5 Å². The van der Waals surface area contributed by atoms with Crippen molar-refractivity contribution in [3.63, 3.8) is 0 Å². The van der Waals surface area contributed by atoms with E-state index >= 15 is 0 Å². The number of amides is 1. The number of nitrogens with zero attached hydrogens (tertiary/aromatic N) is 3. The fraction of sp³-hybridized carbons (Fsp3) is 0.474. The minimum absolute atomic E-state index is 0.0541. The van der Waals surface area contributed by atoms with E-state index in [1.807, 2.05) is 11.7 Å².